The molecule has 2 aliphatic rings. The number of carbonyl (C=O) groups is 4. The Kier molecular flexibility index (Phi) is 5.83. The van der Waals surface area contributed by atoms with E-state index >= 15 is 0 Å². The van der Waals surface area contributed by atoms with E-state index in [1.165, 1.54) is 27.7 Å². The standard InChI is InChI=1S/C10H15NO4.C6H8O4/c1-6(11(4)5)7-8(12)14-10(2,3)15-9(7)13;1-6(2)9-4(7)3-5(8)10-6/h1-5H3;3H2,1-2H3. The van der Waals surface area contributed by atoms with Crippen LogP contribution in [0.25, 0.3) is 0 Å². The van der Waals surface area contributed by atoms with Gasteiger partial charge in [-0.15, -0.1) is 0 Å². The van der Waals surface area contributed by atoms with E-state index in [1.807, 2.05) is 0 Å². The zero-order valence-corrected chi connectivity index (χ0v) is 15.4. The van der Waals surface area contributed by atoms with Crippen LogP contribution >= 0.6 is 0 Å². The summed E-state index contributed by atoms with van der Waals surface area (Å²) in [4.78, 5) is 45.9. The van der Waals surface area contributed by atoms with Crippen molar-refractivity contribution < 1.29 is 38.1 Å². The second-order valence-corrected chi connectivity index (χ2v) is 6.56. The average Bonchev–Trinajstić information content (AvgIpc) is 2.33. The summed E-state index contributed by atoms with van der Waals surface area (Å²) in [6.45, 7) is 7.73. The third-order valence-corrected chi connectivity index (χ3v) is 3.13. The smallest absolute Gasteiger partial charge is 0.350 e. The third kappa shape index (κ3) is 5.77. The molecule has 0 radical (unpaired) electrons. The van der Waals surface area contributed by atoms with Gasteiger partial charge in [0.1, 0.15) is 6.42 Å². The molecule has 0 unspecified atom stereocenters. The first-order valence-corrected chi connectivity index (χ1v) is 7.52. The second-order valence-electron chi connectivity index (χ2n) is 6.56. The van der Waals surface area contributed by atoms with Crippen LogP contribution in [-0.2, 0) is 38.1 Å². The van der Waals surface area contributed by atoms with Gasteiger partial charge < -0.3 is 23.8 Å². The summed E-state index contributed by atoms with van der Waals surface area (Å²) in [5.41, 5.74) is 0.486. The van der Waals surface area contributed by atoms with Crippen LogP contribution in [0.3, 0.4) is 0 Å². The van der Waals surface area contributed by atoms with Crippen molar-refractivity contribution in [1.29, 1.82) is 0 Å². The molecule has 0 aliphatic carbocycles. The maximum absolute atomic E-state index is 11.6. The highest BCUT2D eigenvalue weighted by Gasteiger charge is 2.40. The minimum atomic E-state index is -1.18. The van der Waals surface area contributed by atoms with E-state index in [0.29, 0.717) is 5.70 Å². The van der Waals surface area contributed by atoms with Crippen LogP contribution < -0.4 is 0 Å². The quantitative estimate of drug-likeness (QED) is 0.292. The zero-order valence-electron chi connectivity index (χ0n) is 15.4. The lowest BCUT2D eigenvalue weighted by Gasteiger charge is -2.31. The van der Waals surface area contributed by atoms with Crippen LogP contribution in [0.1, 0.15) is 41.0 Å². The number of ether oxygens (including phenoxy) is 4. The Morgan fingerprint density at radius 3 is 1.48 bits per heavy atom. The van der Waals surface area contributed by atoms with Gasteiger partial charge in [0.2, 0.25) is 0 Å². The third-order valence-electron chi connectivity index (χ3n) is 3.13. The van der Waals surface area contributed by atoms with Gasteiger partial charge in [0.25, 0.3) is 11.6 Å². The average molecular weight is 357 g/mol. The molecule has 2 heterocycles. The van der Waals surface area contributed by atoms with Crippen molar-refractivity contribution in [3.8, 4) is 0 Å². The van der Waals surface area contributed by atoms with Crippen LogP contribution in [-0.4, -0.2) is 54.4 Å². The Morgan fingerprint density at radius 2 is 1.16 bits per heavy atom. The monoisotopic (exact) mass is 357 g/mol. The molecule has 2 saturated heterocycles. The van der Waals surface area contributed by atoms with Crippen LogP contribution in [0, 0.1) is 0 Å². The van der Waals surface area contributed by atoms with Gasteiger partial charge in [0, 0.05) is 47.5 Å². The number of hydrogen-bond acceptors (Lipinski definition) is 9. The Morgan fingerprint density at radius 1 is 0.800 bits per heavy atom. The lowest BCUT2D eigenvalue weighted by Crippen LogP contribution is -2.43. The molecule has 0 aromatic carbocycles. The van der Waals surface area contributed by atoms with Gasteiger partial charge >= 0.3 is 23.9 Å². The topological polar surface area (TPSA) is 108 Å². The maximum atomic E-state index is 11.6. The highest BCUT2D eigenvalue weighted by Crippen LogP contribution is 2.24. The zero-order chi connectivity index (χ0) is 19.6. The lowest BCUT2D eigenvalue weighted by molar-refractivity contribution is -0.231. The molecular weight excluding hydrogens is 334 g/mol. The predicted molar refractivity (Wildman–Crippen MR) is 83.5 cm³/mol. The second kappa shape index (κ2) is 7.12. The molecule has 0 amide bonds. The minimum absolute atomic E-state index is 0.0423. The molecule has 0 spiro atoms. The number of cyclic esters (lactones) is 4. The molecule has 0 atom stereocenters. The summed E-state index contributed by atoms with van der Waals surface area (Å²) in [5, 5.41) is 0. The highest BCUT2D eigenvalue weighted by molar-refractivity contribution is 6.15. The number of nitrogens with zero attached hydrogens (tertiary/aromatic N) is 1. The SMILES string of the molecule is CC(=C1C(=O)OC(C)(C)OC1=O)N(C)C.CC1(C)OC(=O)CC(=O)O1. The Balaban J connectivity index is 0.000000271. The summed E-state index contributed by atoms with van der Waals surface area (Å²) >= 11 is 0. The molecule has 25 heavy (non-hydrogen) atoms. The fourth-order valence-corrected chi connectivity index (χ4v) is 1.93. The predicted octanol–water partition coefficient (Wildman–Crippen LogP) is 0.871. The molecule has 2 rings (SSSR count). The van der Waals surface area contributed by atoms with E-state index in [0.717, 1.165) is 0 Å². The summed E-state index contributed by atoms with van der Waals surface area (Å²) in [6.07, 6.45) is -0.274. The van der Waals surface area contributed by atoms with Crippen molar-refractivity contribution in [2.45, 2.75) is 52.6 Å². The van der Waals surface area contributed by atoms with E-state index < -0.39 is 35.5 Å². The van der Waals surface area contributed by atoms with Gasteiger partial charge in [-0.2, -0.15) is 0 Å². The van der Waals surface area contributed by atoms with Crippen molar-refractivity contribution in [2.24, 2.45) is 0 Å². The van der Waals surface area contributed by atoms with Gasteiger partial charge in [0.15, 0.2) is 5.57 Å². The molecular formula is C16H23NO8. The van der Waals surface area contributed by atoms with E-state index in [2.05, 4.69) is 9.47 Å². The number of rotatable bonds is 1. The molecule has 140 valence electrons. The molecule has 0 aromatic heterocycles. The molecule has 2 fully saturated rings. The molecule has 0 bridgehead atoms. The van der Waals surface area contributed by atoms with Crippen LogP contribution in [0.5, 0.6) is 0 Å². The van der Waals surface area contributed by atoms with E-state index in [-0.39, 0.29) is 12.0 Å². The maximum Gasteiger partial charge on any atom is 0.350 e. The number of hydrogen-bond donors (Lipinski definition) is 0. The molecule has 0 aromatic rings. The van der Waals surface area contributed by atoms with E-state index in [9.17, 15) is 19.2 Å². The Bertz CT molecular complexity index is 590. The highest BCUT2D eigenvalue weighted by atomic mass is 16.7. The van der Waals surface area contributed by atoms with Gasteiger partial charge in [-0.1, -0.05) is 0 Å². The fraction of sp³-hybridized carbons (Fsp3) is 0.625. The summed E-state index contributed by atoms with van der Waals surface area (Å²) in [7, 11) is 3.48. The molecule has 0 N–H and O–H groups in total. The van der Waals surface area contributed by atoms with Crippen molar-refractivity contribution in [3.63, 3.8) is 0 Å². The molecule has 9 heteroatoms. The van der Waals surface area contributed by atoms with Crippen LogP contribution in [0.15, 0.2) is 11.3 Å². The van der Waals surface area contributed by atoms with E-state index in [1.54, 1.807) is 25.9 Å². The van der Waals surface area contributed by atoms with Crippen molar-refractivity contribution >= 4 is 23.9 Å². The summed E-state index contributed by atoms with van der Waals surface area (Å²) < 4.78 is 19.2. The van der Waals surface area contributed by atoms with Gasteiger partial charge in [0.05, 0.1) is 0 Å². The van der Waals surface area contributed by atoms with Gasteiger partial charge in [-0.25, -0.2) is 9.59 Å². The number of esters is 4. The summed E-state index contributed by atoms with van der Waals surface area (Å²) in [5.74, 6) is -4.58. The molecule has 2 aliphatic heterocycles. The van der Waals surface area contributed by atoms with Gasteiger partial charge in [-0.05, 0) is 6.92 Å². The van der Waals surface area contributed by atoms with Gasteiger partial charge in [-0.3, -0.25) is 9.59 Å². The largest absolute Gasteiger partial charge is 0.423 e. The van der Waals surface area contributed by atoms with Crippen molar-refractivity contribution in [1.82, 2.24) is 4.90 Å². The fourth-order valence-electron chi connectivity index (χ4n) is 1.93. The lowest BCUT2D eigenvalue weighted by atomic mass is 10.1. The molecule has 0 saturated carbocycles. The van der Waals surface area contributed by atoms with Crippen LogP contribution in [0.4, 0.5) is 0 Å². The van der Waals surface area contributed by atoms with Crippen molar-refractivity contribution in [2.75, 3.05) is 14.1 Å². The Labute approximate surface area is 145 Å². The summed E-state index contributed by atoms with van der Waals surface area (Å²) in [6, 6.07) is 0. The first-order chi connectivity index (χ1) is 11.2. The van der Waals surface area contributed by atoms with E-state index in [4.69, 9.17) is 9.47 Å². The van der Waals surface area contributed by atoms with Crippen LogP contribution in [0.2, 0.25) is 0 Å². The normalized spacial score (nSPS) is 21.0. The first-order valence-electron chi connectivity index (χ1n) is 7.52. The first kappa shape index (κ1) is 20.5. The number of allylic oxidation sites excluding steroid dienone is 1. The minimum Gasteiger partial charge on any atom is -0.423 e. The Hall–Kier alpha value is -2.58. The number of carbonyl (C=O) groups excluding carboxylic acids is 4. The van der Waals surface area contributed by atoms with Crippen molar-refractivity contribution in [3.05, 3.63) is 11.3 Å². The molecule has 9 nitrogen and oxygen atoms in total.